The van der Waals surface area contributed by atoms with E-state index in [-0.39, 0.29) is 23.7 Å². The fourth-order valence-electron chi connectivity index (χ4n) is 3.86. The van der Waals surface area contributed by atoms with Crippen molar-refractivity contribution in [3.63, 3.8) is 0 Å². The highest BCUT2D eigenvalue weighted by Gasteiger charge is 2.65. The number of halogens is 5. The predicted octanol–water partition coefficient (Wildman–Crippen LogP) is 6.05. The monoisotopic (exact) mass is 497 g/mol. The first kappa shape index (κ1) is 23.6. The molecule has 4 rings (SSSR count). The van der Waals surface area contributed by atoms with E-state index in [1.807, 2.05) is 6.07 Å². The molecule has 1 aliphatic heterocycles. The van der Waals surface area contributed by atoms with Crippen molar-refractivity contribution >= 4 is 22.1 Å². The third-order valence-corrected chi connectivity index (χ3v) is 6.80. The fraction of sp³-hybridized carbons (Fsp3) is 0.130. The standard InChI is InChI=1S/C23H20F5N3O2S/c1-31-21(32)23(30-22(31)29,17-9-11-20(12-10-17)34(24,25,26,27)28)18-7-3-5-15(13-18)16-6-4-8-19(14-16)33-2/h3-14H,1-2H3,(H2,29,30). The molecule has 3 aromatic carbocycles. The number of carbonyl (C=O) groups is 1. The van der Waals surface area contributed by atoms with Gasteiger partial charge in [0.2, 0.25) is 0 Å². The molecule has 1 heterocycles. The molecule has 5 nitrogen and oxygen atoms in total. The Morgan fingerprint density at radius 3 is 2.00 bits per heavy atom. The van der Waals surface area contributed by atoms with Crippen molar-refractivity contribution < 1.29 is 29.0 Å². The van der Waals surface area contributed by atoms with Crippen molar-refractivity contribution in [2.24, 2.45) is 10.7 Å². The molecule has 0 spiro atoms. The summed E-state index contributed by atoms with van der Waals surface area (Å²) in [5.74, 6) is -0.190. The minimum absolute atomic E-state index is 0.0295. The number of aliphatic imine (C=N–C) groups is 1. The number of benzene rings is 3. The second-order valence-corrected chi connectivity index (χ2v) is 10.3. The number of nitrogens with two attached hydrogens (primary N) is 1. The van der Waals surface area contributed by atoms with Gasteiger partial charge in [-0.25, -0.2) is 4.99 Å². The number of rotatable bonds is 5. The van der Waals surface area contributed by atoms with Crippen LogP contribution in [0.1, 0.15) is 11.1 Å². The molecule has 0 aromatic heterocycles. The first-order valence-corrected chi connectivity index (χ1v) is 11.8. The zero-order chi connectivity index (χ0) is 25.0. The molecule has 1 atom stereocenters. The van der Waals surface area contributed by atoms with Crippen LogP contribution in [0.3, 0.4) is 0 Å². The van der Waals surface area contributed by atoms with Gasteiger partial charge >= 0.3 is 10.2 Å². The summed E-state index contributed by atoms with van der Waals surface area (Å²) in [7, 11) is -7.00. The van der Waals surface area contributed by atoms with Gasteiger partial charge in [0.05, 0.1) is 7.11 Å². The molecule has 0 aliphatic carbocycles. The third-order valence-electron chi connectivity index (χ3n) is 5.64. The van der Waals surface area contributed by atoms with Gasteiger partial charge < -0.3 is 10.5 Å². The van der Waals surface area contributed by atoms with Crippen LogP contribution in [0.25, 0.3) is 11.1 Å². The van der Waals surface area contributed by atoms with Gasteiger partial charge in [-0.15, -0.1) is 0 Å². The summed E-state index contributed by atoms with van der Waals surface area (Å²) in [6.45, 7) is 0. The van der Waals surface area contributed by atoms with Crippen LogP contribution in [0, 0.1) is 0 Å². The van der Waals surface area contributed by atoms with E-state index in [4.69, 9.17) is 10.5 Å². The lowest BCUT2D eigenvalue weighted by molar-refractivity contribution is -0.129. The highest BCUT2D eigenvalue weighted by molar-refractivity contribution is 8.45. The van der Waals surface area contributed by atoms with Gasteiger partial charge in [0.25, 0.3) is 5.91 Å². The summed E-state index contributed by atoms with van der Waals surface area (Å²) in [4.78, 5) is 16.7. The van der Waals surface area contributed by atoms with E-state index < -0.39 is 26.6 Å². The van der Waals surface area contributed by atoms with Crippen molar-refractivity contribution in [3.8, 4) is 16.9 Å². The first-order chi connectivity index (χ1) is 15.7. The number of methoxy groups -OCH3 is 1. The number of hydrogen-bond donors (Lipinski definition) is 1. The van der Waals surface area contributed by atoms with Crippen molar-refractivity contribution in [1.82, 2.24) is 4.90 Å². The van der Waals surface area contributed by atoms with Gasteiger partial charge in [0.1, 0.15) is 10.6 Å². The van der Waals surface area contributed by atoms with Crippen LogP contribution in [-0.4, -0.2) is 30.9 Å². The van der Waals surface area contributed by atoms with Gasteiger partial charge in [-0.3, -0.25) is 9.69 Å². The molecule has 34 heavy (non-hydrogen) atoms. The average Bonchev–Trinajstić information content (AvgIpc) is 3.02. The zero-order valence-corrected chi connectivity index (χ0v) is 18.8. The van der Waals surface area contributed by atoms with Crippen LogP contribution in [0.2, 0.25) is 0 Å². The number of ether oxygens (including phenoxy) is 1. The SMILES string of the molecule is COc1cccc(-c2cccc(C3(c4ccc(S(F)(F)(F)(F)F)cc4)N=C(N)N(C)C3=O)c2)c1. The van der Waals surface area contributed by atoms with Crippen LogP contribution in [-0.2, 0) is 10.3 Å². The van der Waals surface area contributed by atoms with Crippen molar-refractivity contribution in [1.29, 1.82) is 0 Å². The molecule has 0 radical (unpaired) electrons. The summed E-state index contributed by atoms with van der Waals surface area (Å²) in [6, 6.07) is 16.0. The second kappa shape index (κ2) is 6.95. The highest BCUT2D eigenvalue weighted by atomic mass is 32.5. The topological polar surface area (TPSA) is 67.9 Å². The van der Waals surface area contributed by atoms with Crippen LogP contribution in [0.4, 0.5) is 19.4 Å². The third kappa shape index (κ3) is 3.96. The van der Waals surface area contributed by atoms with E-state index in [2.05, 4.69) is 4.99 Å². The summed E-state index contributed by atoms with van der Waals surface area (Å²) >= 11 is 0. The lowest BCUT2D eigenvalue weighted by atomic mass is 9.82. The molecule has 2 N–H and O–H groups in total. The Balaban J connectivity index is 1.91. The van der Waals surface area contributed by atoms with E-state index in [1.54, 1.807) is 42.5 Å². The summed E-state index contributed by atoms with van der Waals surface area (Å²) in [5.41, 5.74) is 5.76. The summed E-state index contributed by atoms with van der Waals surface area (Å²) in [5, 5.41) is 0. The summed E-state index contributed by atoms with van der Waals surface area (Å²) in [6.07, 6.45) is 0. The molecule has 180 valence electrons. The molecule has 0 bridgehead atoms. The smallest absolute Gasteiger partial charge is 0.310 e. The lowest BCUT2D eigenvalue weighted by Crippen LogP contribution is -2.41. The van der Waals surface area contributed by atoms with E-state index >= 15 is 0 Å². The number of amides is 1. The van der Waals surface area contributed by atoms with Crippen molar-refractivity contribution in [3.05, 3.63) is 83.9 Å². The molecular formula is C23H20F5N3O2S. The Morgan fingerprint density at radius 1 is 0.882 bits per heavy atom. The molecule has 3 aromatic rings. The number of likely N-dealkylation sites (N-methyl/N-ethyl adjacent to an activating group) is 1. The number of carbonyl (C=O) groups excluding carboxylic acids is 1. The molecule has 1 unspecified atom stereocenters. The highest BCUT2D eigenvalue weighted by Crippen LogP contribution is 3.02. The normalized spacial score (nSPS) is 20.5. The molecule has 0 saturated carbocycles. The second-order valence-electron chi connectivity index (χ2n) is 7.85. The van der Waals surface area contributed by atoms with Gasteiger partial charge in [0, 0.05) is 7.05 Å². The minimum Gasteiger partial charge on any atom is -0.497 e. The predicted molar refractivity (Wildman–Crippen MR) is 121 cm³/mol. The van der Waals surface area contributed by atoms with Crippen LogP contribution in [0.5, 0.6) is 5.75 Å². The Morgan fingerprint density at radius 2 is 1.47 bits per heavy atom. The maximum absolute atomic E-state index is 13.3. The van der Waals surface area contributed by atoms with E-state index in [0.29, 0.717) is 16.9 Å². The Labute approximate surface area is 192 Å². The molecule has 0 saturated heterocycles. The molecule has 0 fully saturated rings. The minimum atomic E-state index is -9.89. The molecular weight excluding hydrogens is 477 g/mol. The Hall–Kier alpha value is -3.60. The molecule has 1 amide bonds. The van der Waals surface area contributed by atoms with E-state index in [1.165, 1.54) is 14.2 Å². The Kier molecular flexibility index (Phi) is 4.82. The van der Waals surface area contributed by atoms with Crippen LogP contribution >= 0.6 is 10.2 Å². The molecule has 1 aliphatic rings. The quantitative estimate of drug-likeness (QED) is 0.437. The van der Waals surface area contributed by atoms with Gasteiger partial charge in [0.15, 0.2) is 11.5 Å². The maximum atomic E-state index is 13.3. The Bertz CT molecular complexity index is 1330. The maximum Gasteiger partial charge on any atom is 0.310 e. The summed E-state index contributed by atoms with van der Waals surface area (Å²) < 4.78 is 71.5. The van der Waals surface area contributed by atoms with Gasteiger partial charge in [-0.2, -0.15) is 0 Å². The first-order valence-electron chi connectivity index (χ1n) is 9.89. The zero-order valence-electron chi connectivity index (χ0n) is 18.0. The average molecular weight is 497 g/mol. The van der Waals surface area contributed by atoms with Crippen molar-refractivity contribution in [2.45, 2.75) is 10.4 Å². The van der Waals surface area contributed by atoms with Crippen molar-refractivity contribution in [2.75, 3.05) is 14.2 Å². The lowest BCUT2D eigenvalue weighted by Gasteiger charge is -2.40. The van der Waals surface area contributed by atoms with Gasteiger partial charge in [-0.1, -0.05) is 61.9 Å². The fourth-order valence-corrected chi connectivity index (χ4v) is 4.51. The van der Waals surface area contributed by atoms with E-state index in [0.717, 1.165) is 22.6 Å². The van der Waals surface area contributed by atoms with E-state index in [9.17, 15) is 24.2 Å². The number of nitrogens with zero attached hydrogens (tertiary/aromatic N) is 2. The number of guanidine groups is 1. The largest absolute Gasteiger partial charge is 0.497 e. The van der Waals surface area contributed by atoms with Crippen LogP contribution < -0.4 is 10.5 Å². The number of hydrogen-bond acceptors (Lipinski definition) is 4. The van der Waals surface area contributed by atoms with Gasteiger partial charge in [-0.05, 0) is 52.6 Å². The van der Waals surface area contributed by atoms with Crippen LogP contribution in [0.15, 0.2) is 82.7 Å². The molecule has 11 heteroatoms.